The lowest BCUT2D eigenvalue weighted by Gasteiger charge is -2.64. The van der Waals surface area contributed by atoms with Crippen molar-refractivity contribution in [1.29, 1.82) is 0 Å². The summed E-state index contributed by atoms with van der Waals surface area (Å²) in [5.74, 6) is 0.877. The van der Waals surface area contributed by atoms with Crippen molar-refractivity contribution in [3.05, 3.63) is 40.4 Å². The van der Waals surface area contributed by atoms with Gasteiger partial charge in [-0.25, -0.2) is 5.43 Å². The molecule has 4 aliphatic carbocycles. The molecule has 2 aromatic rings. The summed E-state index contributed by atoms with van der Waals surface area (Å²) in [4.78, 5) is 13.3. The number of carbonyl (C=O) groups excluding carboxylic acids is 1. The molecule has 2 atom stereocenters. The molecule has 4 bridgehead atoms. The first-order valence-electron chi connectivity index (χ1n) is 10.4. The molecule has 4 fully saturated rings. The van der Waals surface area contributed by atoms with Crippen LogP contribution in [0.15, 0.2) is 39.9 Å². The Morgan fingerprint density at radius 3 is 2.55 bits per heavy atom. The van der Waals surface area contributed by atoms with Crippen LogP contribution in [0.2, 0.25) is 0 Å². The van der Waals surface area contributed by atoms with Crippen LogP contribution >= 0.6 is 15.9 Å². The lowest BCUT2D eigenvalue weighted by atomic mass is 9.40. The van der Waals surface area contributed by atoms with Gasteiger partial charge in [0.15, 0.2) is 0 Å². The molecule has 4 nitrogen and oxygen atoms in total. The van der Waals surface area contributed by atoms with Crippen LogP contribution in [0, 0.1) is 22.2 Å². The van der Waals surface area contributed by atoms with Gasteiger partial charge in [0.05, 0.1) is 11.6 Å². The smallest absolute Gasteiger partial charge is 0.246 e. The van der Waals surface area contributed by atoms with Crippen LogP contribution < -0.4 is 5.43 Å². The zero-order valence-corrected chi connectivity index (χ0v) is 18.6. The van der Waals surface area contributed by atoms with Gasteiger partial charge in [-0.2, -0.15) is 5.10 Å². The molecule has 29 heavy (non-hydrogen) atoms. The van der Waals surface area contributed by atoms with E-state index < -0.39 is 0 Å². The standard InChI is InChI=1S/C24H27BrN2O2/c1-22-8-15-9-23(2,12-22)14-24(10-15,13-22)21(29)27-26-11-19-18-5-4-17(25)7-16(18)3-6-20(19)28/h3-7,11,15,28H,8-10,12-14H2,1-2H3,(H,27,29)/b26-11+. The van der Waals surface area contributed by atoms with Gasteiger partial charge in [-0.05, 0) is 84.2 Å². The number of hydrogen-bond acceptors (Lipinski definition) is 3. The molecule has 1 amide bonds. The zero-order chi connectivity index (χ0) is 20.4. The minimum atomic E-state index is -0.286. The summed E-state index contributed by atoms with van der Waals surface area (Å²) < 4.78 is 0.982. The van der Waals surface area contributed by atoms with Gasteiger partial charge in [-0.1, -0.05) is 41.9 Å². The summed E-state index contributed by atoms with van der Waals surface area (Å²) in [6.45, 7) is 4.74. The topological polar surface area (TPSA) is 61.7 Å². The predicted molar refractivity (Wildman–Crippen MR) is 119 cm³/mol. The first-order chi connectivity index (χ1) is 13.7. The summed E-state index contributed by atoms with van der Waals surface area (Å²) in [6.07, 6.45) is 8.29. The number of amides is 1. The summed E-state index contributed by atoms with van der Waals surface area (Å²) in [6, 6.07) is 9.43. The van der Waals surface area contributed by atoms with Crippen LogP contribution in [-0.2, 0) is 4.79 Å². The van der Waals surface area contributed by atoms with E-state index in [0.717, 1.165) is 34.5 Å². The van der Waals surface area contributed by atoms with Crippen molar-refractivity contribution in [3.63, 3.8) is 0 Å². The summed E-state index contributed by atoms with van der Waals surface area (Å²) in [7, 11) is 0. The van der Waals surface area contributed by atoms with E-state index >= 15 is 0 Å². The van der Waals surface area contributed by atoms with E-state index in [-0.39, 0.29) is 27.9 Å². The normalized spacial score (nSPS) is 35.5. The minimum absolute atomic E-state index is 0.0535. The third-order valence-corrected chi connectivity index (χ3v) is 7.96. The van der Waals surface area contributed by atoms with Crippen LogP contribution in [-0.4, -0.2) is 17.2 Å². The van der Waals surface area contributed by atoms with E-state index in [1.807, 2.05) is 24.3 Å². The first kappa shape index (κ1) is 19.1. The maximum Gasteiger partial charge on any atom is 0.246 e. The van der Waals surface area contributed by atoms with Crippen LogP contribution in [0.1, 0.15) is 57.9 Å². The van der Waals surface area contributed by atoms with E-state index in [9.17, 15) is 9.90 Å². The highest BCUT2D eigenvalue weighted by Gasteiger charge is 2.62. The lowest BCUT2D eigenvalue weighted by Crippen LogP contribution is -2.59. The molecule has 0 spiro atoms. The molecule has 4 aliphatic rings. The fraction of sp³-hybridized carbons (Fsp3) is 0.500. The van der Waals surface area contributed by atoms with Crippen molar-refractivity contribution in [1.82, 2.24) is 5.43 Å². The van der Waals surface area contributed by atoms with Crippen molar-refractivity contribution in [2.45, 2.75) is 52.4 Å². The number of phenolic OH excluding ortho intramolecular Hbond substituents is 1. The van der Waals surface area contributed by atoms with E-state index in [4.69, 9.17) is 0 Å². The van der Waals surface area contributed by atoms with Crippen molar-refractivity contribution in [2.75, 3.05) is 0 Å². The second kappa shape index (κ2) is 6.31. The Kier molecular flexibility index (Phi) is 4.16. The van der Waals surface area contributed by atoms with E-state index in [1.54, 1.807) is 12.3 Å². The summed E-state index contributed by atoms with van der Waals surface area (Å²) >= 11 is 3.48. The number of halogens is 1. The lowest BCUT2D eigenvalue weighted by molar-refractivity contribution is -0.170. The van der Waals surface area contributed by atoms with Crippen LogP contribution in [0.4, 0.5) is 0 Å². The van der Waals surface area contributed by atoms with E-state index in [0.29, 0.717) is 11.5 Å². The number of fused-ring (bicyclic) bond motifs is 1. The Morgan fingerprint density at radius 2 is 1.86 bits per heavy atom. The molecule has 0 aromatic heterocycles. The van der Waals surface area contributed by atoms with E-state index in [2.05, 4.69) is 40.3 Å². The average molecular weight is 455 g/mol. The first-order valence-corrected chi connectivity index (χ1v) is 11.2. The zero-order valence-electron chi connectivity index (χ0n) is 17.0. The van der Waals surface area contributed by atoms with Crippen molar-refractivity contribution in [2.24, 2.45) is 27.3 Å². The van der Waals surface area contributed by atoms with Gasteiger partial charge in [0.25, 0.3) is 0 Å². The largest absolute Gasteiger partial charge is 0.507 e. The van der Waals surface area contributed by atoms with Crippen LogP contribution in [0.3, 0.4) is 0 Å². The average Bonchev–Trinajstić information content (AvgIpc) is 2.60. The Balaban J connectivity index is 1.40. The van der Waals surface area contributed by atoms with Crippen LogP contribution in [0.25, 0.3) is 10.8 Å². The van der Waals surface area contributed by atoms with E-state index in [1.165, 1.54) is 19.3 Å². The SMILES string of the molecule is CC12CC3CC(C)(C1)CC(C(=O)N/N=C/c1c(O)ccc4cc(Br)ccc14)(C3)C2. The second-order valence-corrected chi connectivity index (χ2v) is 11.4. The van der Waals surface area contributed by atoms with Gasteiger partial charge in [0.2, 0.25) is 5.91 Å². The van der Waals surface area contributed by atoms with Gasteiger partial charge in [0, 0.05) is 10.0 Å². The van der Waals surface area contributed by atoms with Gasteiger partial charge < -0.3 is 5.11 Å². The third kappa shape index (κ3) is 3.18. The number of phenols is 1. The second-order valence-electron chi connectivity index (χ2n) is 10.5. The Bertz CT molecular complexity index is 1030. The summed E-state index contributed by atoms with van der Waals surface area (Å²) in [5.41, 5.74) is 3.75. The number of nitrogens with zero attached hydrogens (tertiary/aromatic N) is 1. The van der Waals surface area contributed by atoms with Gasteiger partial charge in [-0.3, -0.25) is 4.79 Å². The molecule has 0 radical (unpaired) electrons. The molecule has 0 aliphatic heterocycles. The Labute approximate surface area is 179 Å². The van der Waals surface area contributed by atoms with Gasteiger partial charge in [0.1, 0.15) is 5.75 Å². The van der Waals surface area contributed by atoms with Crippen molar-refractivity contribution < 1.29 is 9.90 Å². The molecule has 2 aromatic carbocycles. The van der Waals surface area contributed by atoms with Crippen molar-refractivity contribution >= 4 is 38.8 Å². The quantitative estimate of drug-likeness (QED) is 0.457. The number of hydrazone groups is 1. The maximum absolute atomic E-state index is 13.3. The number of aromatic hydroxyl groups is 1. The summed E-state index contributed by atoms with van der Waals surface area (Å²) in [5, 5.41) is 16.5. The minimum Gasteiger partial charge on any atom is -0.507 e. The molecule has 2 unspecified atom stereocenters. The monoisotopic (exact) mass is 454 g/mol. The molecule has 0 heterocycles. The molecule has 5 heteroatoms. The fourth-order valence-electron chi connectivity index (χ4n) is 7.42. The molecule has 6 rings (SSSR count). The molecular weight excluding hydrogens is 428 g/mol. The number of carbonyl (C=O) groups is 1. The molecular formula is C24H27BrN2O2. The highest BCUT2D eigenvalue weighted by Crippen LogP contribution is 2.69. The molecule has 152 valence electrons. The number of hydrogen-bond donors (Lipinski definition) is 2. The number of nitrogens with one attached hydrogen (secondary N) is 1. The molecule has 2 N–H and O–H groups in total. The molecule has 4 saturated carbocycles. The maximum atomic E-state index is 13.3. The third-order valence-electron chi connectivity index (χ3n) is 7.47. The fourth-order valence-corrected chi connectivity index (χ4v) is 7.80. The highest BCUT2D eigenvalue weighted by atomic mass is 79.9. The highest BCUT2D eigenvalue weighted by molar-refractivity contribution is 9.10. The van der Waals surface area contributed by atoms with Gasteiger partial charge >= 0.3 is 0 Å². The Hall–Kier alpha value is -1.88. The van der Waals surface area contributed by atoms with Crippen molar-refractivity contribution in [3.8, 4) is 5.75 Å². The predicted octanol–water partition coefficient (Wildman–Crippen LogP) is 5.75. The number of benzene rings is 2. The Morgan fingerprint density at radius 1 is 1.14 bits per heavy atom. The molecule has 0 saturated heterocycles. The number of rotatable bonds is 3. The van der Waals surface area contributed by atoms with Gasteiger partial charge in [-0.15, -0.1) is 0 Å². The van der Waals surface area contributed by atoms with Crippen LogP contribution in [0.5, 0.6) is 5.75 Å².